The Balaban J connectivity index is 1.12. The minimum atomic E-state index is 0.940. The molecule has 0 atom stereocenters. The van der Waals surface area contributed by atoms with Crippen molar-refractivity contribution in [3.63, 3.8) is 0 Å². The molecule has 0 amide bonds. The van der Waals surface area contributed by atoms with Gasteiger partial charge in [-0.05, 0) is 112 Å². The molecule has 10 aromatic carbocycles. The highest BCUT2D eigenvalue weighted by Crippen LogP contribution is 2.48. The lowest BCUT2D eigenvalue weighted by Crippen LogP contribution is -1.92. The highest BCUT2D eigenvalue weighted by Gasteiger charge is 2.21. The Morgan fingerprint density at radius 1 is 0.286 bits per heavy atom. The zero-order chi connectivity index (χ0) is 32.1. The maximum Gasteiger partial charge on any atom is 0.136 e. The molecular weight excluding hydrogens is 593 g/mol. The Morgan fingerprint density at radius 2 is 0.816 bits per heavy atom. The van der Waals surface area contributed by atoms with Crippen LogP contribution in [-0.2, 0) is 0 Å². The summed E-state index contributed by atoms with van der Waals surface area (Å²) < 4.78 is 6.34. The van der Waals surface area contributed by atoms with Gasteiger partial charge in [0.1, 0.15) is 11.2 Å². The van der Waals surface area contributed by atoms with E-state index in [0.717, 1.165) is 11.2 Å². The van der Waals surface area contributed by atoms with Gasteiger partial charge in [-0.1, -0.05) is 146 Å². The van der Waals surface area contributed by atoms with Crippen LogP contribution in [0.5, 0.6) is 0 Å². The van der Waals surface area contributed by atoms with Gasteiger partial charge in [-0.25, -0.2) is 0 Å². The molecule has 1 heteroatoms. The highest BCUT2D eigenvalue weighted by atomic mass is 16.3. The lowest BCUT2D eigenvalue weighted by Gasteiger charge is -2.19. The quantitative estimate of drug-likeness (QED) is 0.141. The van der Waals surface area contributed by atoms with Crippen LogP contribution in [0.4, 0.5) is 0 Å². The molecular formula is C48H28O. The first-order valence-electron chi connectivity index (χ1n) is 16.9. The topological polar surface area (TPSA) is 13.1 Å². The molecule has 0 radical (unpaired) electrons. The fourth-order valence-electron chi connectivity index (χ4n) is 8.43. The first kappa shape index (κ1) is 26.6. The molecule has 0 bridgehead atoms. The molecule has 0 spiro atoms. The van der Waals surface area contributed by atoms with Gasteiger partial charge in [0.15, 0.2) is 0 Å². The second kappa shape index (κ2) is 10.0. The molecule has 0 fully saturated rings. The minimum absolute atomic E-state index is 0.940. The third-order valence-corrected chi connectivity index (χ3v) is 10.6. The van der Waals surface area contributed by atoms with Gasteiger partial charge in [0, 0.05) is 10.8 Å². The van der Waals surface area contributed by atoms with Crippen LogP contribution in [0.3, 0.4) is 0 Å². The van der Waals surface area contributed by atoms with E-state index in [1.54, 1.807) is 0 Å². The second-order valence-electron chi connectivity index (χ2n) is 13.2. The van der Waals surface area contributed by atoms with Crippen molar-refractivity contribution in [2.24, 2.45) is 0 Å². The van der Waals surface area contributed by atoms with Gasteiger partial charge in [0.2, 0.25) is 0 Å². The van der Waals surface area contributed by atoms with Crippen LogP contribution in [-0.4, -0.2) is 0 Å². The van der Waals surface area contributed by atoms with E-state index in [1.165, 1.54) is 98.0 Å². The molecule has 1 aromatic heterocycles. The van der Waals surface area contributed by atoms with Crippen LogP contribution in [0.1, 0.15) is 0 Å². The van der Waals surface area contributed by atoms with E-state index in [9.17, 15) is 0 Å². The summed E-state index contributed by atoms with van der Waals surface area (Å²) in [6.07, 6.45) is 0. The van der Waals surface area contributed by atoms with Gasteiger partial charge in [-0.3, -0.25) is 0 Å². The Hall–Kier alpha value is -6.44. The van der Waals surface area contributed by atoms with E-state index in [-0.39, 0.29) is 0 Å². The molecule has 1 nitrogen and oxygen atoms in total. The normalized spacial score (nSPS) is 12.1. The lowest BCUT2D eigenvalue weighted by atomic mass is 9.83. The van der Waals surface area contributed by atoms with Gasteiger partial charge in [-0.15, -0.1) is 0 Å². The van der Waals surface area contributed by atoms with Crippen LogP contribution in [0.15, 0.2) is 174 Å². The predicted octanol–water partition coefficient (Wildman–Crippen LogP) is 13.8. The first-order chi connectivity index (χ1) is 24.3. The summed E-state index contributed by atoms with van der Waals surface area (Å²) in [6, 6.07) is 62.2. The molecule has 0 aliphatic heterocycles. The summed E-state index contributed by atoms with van der Waals surface area (Å²) in [4.78, 5) is 0. The van der Waals surface area contributed by atoms with Crippen molar-refractivity contribution in [1.82, 2.24) is 0 Å². The smallest absolute Gasteiger partial charge is 0.136 e. The number of benzene rings is 10. The minimum Gasteiger partial charge on any atom is -0.456 e. The Labute approximate surface area is 282 Å². The van der Waals surface area contributed by atoms with Crippen LogP contribution in [0.25, 0.3) is 109 Å². The van der Waals surface area contributed by atoms with E-state index in [0.29, 0.717) is 0 Å². The average Bonchev–Trinajstić information content (AvgIpc) is 3.56. The van der Waals surface area contributed by atoms with Crippen molar-refractivity contribution in [1.29, 1.82) is 0 Å². The standard InChI is InChI=1S/C48H28O/c1-2-11-35-30(9-1)21-24-33-27-32(25-26-36(33)35)29-19-22-31(23-20-29)45-37-12-3-5-14-39(37)47(40-15-6-4-13-38(40)45)42-28-34-10-7-17-43-46(34)48-41(42)16-8-18-44(48)49-43/h1-28H. The zero-order valence-electron chi connectivity index (χ0n) is 26.6. The molecule has 0 saturated heterocycles. The van der Waals surface area contributed by atoms with Crippen molar-refractivity contribution in [3.05, 3.63) is 170 Å². The van der Waals surface area contributed by atoms with E-state index in [1.807, 2.05) is 0 Å². The van der Waals surface area contributed by atoms with E-state index < -0.39 is 0 Å². The first-order valence-corrected chi connectivity index (χ1v) is 16.9. The molecule has 0 unspecified atom stereocenters. The van der Waals surface area contributed by atoms with Gasteiger partial charge >= 0.3 is 0 Å². The number of fused-ring (bicyclic) bond motifs is 5. The van der Waals surface area contributed by atoms with Crippen molar-refractivity contribution in [2.45, 2.75) is 0 Å². The number of rotatable bonds is 3. The fourth-order valence-corrected chi connectivity index (χ4v) is 8.43. The maximum atomic E-state index is 6.34. The summed E-state index contributed by atoms with van der Waals surface area (Å²) in [7, 11) is 0. The summed E-state index contributed by atoms with van der Waals surface area (Å²) in [5.74, 6) is 0. The lowest BCUT2D eigenvalue weighted by molar-refractivity contribution is 0.669. The third kappa shape index (κ3) is 3.82. The molecule has 0 saturated carbocycles. The van der Waals surface area contributed by atoms with E-state index in [4.69, 9.17) is 4.42 Å². The molecule has 0 aliphatic carbocycles. The molecule has 0 N–H and O–H groups in total. The number of hydrogen-bond acceptors (Lipinski definition) is 1. The van der Waals surface area contributed by atoms with Crippen molar-refractivity contribution < 1.29 is 4.42 Å². The fraction of sp³-hybridized carbons (Fsp3) is 0. The van der Waals surface area contributed by atoms with Gasteiger partial charge in [0.05, 0.1) is 0 Å². The highest BCUT2D eigenvalue weighted by molar-refractivity contribution is 6.29. The number of furan rings is 1. The third-order valence-electron chi connectivity index (χ3n) is 10.6. The van der Waals surface area contributed by atoms with Crippen LogP contribution >= 0.6 is 0 Å². The molecule has 11 aromatic rings. The molecule has 11 rings (SSSR count). The summed E-state index contributed by atoms with van der Waals surface area (Å²) in [5, 5.41) is 15.0. The van der Waals surface area contributed by atoms with Gasteiger partial charge in [-0.2, -0.15) is 0 Å². The van der Waals surface area contributed by atoms with Gasteiger partial charge in [0.25, 0.3) is 0 Å². The van der Waals surface area contributed by atoms with Crippen molar-refractivity contribution >= 4 is 75.8 Å². The monoisotopic (exact) mass is 620 g/mol. The second-order valence-corrected chi connectivity index (χ2v) is 13.2. The van der Waals surface area contributed by atoms with Gasteiger partial charge < -0.3 is 4.42 Å². The summed E-state index contributed by atoms with van der Waals surface area (Å²) in [6.45, 7) is 0. The maximum absolute atomic E-state index is 6.34. The Bertz CT molecular complexity index is 3030. The SMILES string of the molecule is c1ccc2c(c1)ccc1cc(-c3ccc(-c4c5ccccc5c(-c5cc6cccc7oc8cccc5c8c67)c5ccccc45)cc3)ccc12. The Kier molecular flexibility index (Phi) is 5.45. The number of hydrogen-bond donors (Lipinski definition) is 0. The van der Waals surface area contributed by atoms with Crippen LogP contribution in [0.2, 0.25) is 0 Å². The van der Waals surface area contributed by atoms with E-state index in [2.05, 4.69) is 170 Å². The molecule has 49 heavy (non-hydrogen) atoms. The summed E-state index contributed by atoms with van der Waals surface area (Å²) in [5.41, 5.74) is 9.33. The molecule has 226 valence electrons. The summed E-state index contributed by atoms with van der Waals surface area (Å²) >= 11 is 0. The van der Waals surface area contributed by atoms with Crippen molar-refractivity contribution in [3.8, 4) is 33.4 Å². The van der Waals surface area contributed by atoms with E-state index >= 15 is 0 Å². The zero-order valence-corrected chi connectivity index (χ0v) is 26.6. The van der Waals surface area contributed by atoms with Crippen LogP contribution < -0.4 is 0 Å². The molecule has 1 heterocycles. The predicted molar refractivity (Wildman–Crippen MR) is 209 cm³/mol. The van der Waals surface area contributed by atoms with Crippen LogP contribution in [0, 0.1) is 0 Å². The Morgan fingerprint density at radius 3 is 1.57 bits per heavy atom. The average molecular weight is 621 g/mol. The molecule has 0 aliphatic rings. The van der Waals surface area contributed by atoms with Crippen molar-refractivity contribution in [2.75, 3.05) is 0 Å². The largest absolute Gasteiger partial charge is 0.456 e.